The molecule has 0 bridgehead atoms. The van der Waals surface area contributed by atoms with Crippen LogP contribution < -0.4 is 21.3 Å². The highest BCUT2D eigenvalue weighted by atomic mass is 32.1. The highest BCUT2D eigenvalue weighted by Crippen LogP contribution is 2.39. The summed E-state index contributed by atoms with van der Waals surface area (Å²) in [5, 5.41) is 36.2. The third-order valence-corrected chi connectivity index (χ3v) is 12.5. The van der Waals surface area contributed by atoms with Gasteiger partial charge in [0.2, 0.25) is 17.7 Å². The van der Waals surface area contributed by atoms with Crippen LogP contribution in [0, 0.1) is 11.3 Å². The fraction of sp³-hybridized carbons (Fsp3) is 0.409. The molecule has 8 rings (SSSR count). The van der Waals surface area contributed by atoms with Gasteiger partial charge in [0.25, 0.3) is 11.8 Å². The van der Waals surface area contributed by atoms with Crippen molar-refractivity contribution < 1.29 is 38.2 Å². The molecule has 4 N–H and O–H groups in total. The number of pyridine rings is 1. The molecule has 5 aromatic rings. The van der Waals surface area contributed by atoms with E-state index in [1.54, 1.807) is 46.3 Å². The monoisotopic (exact) mass is 889 g/mol. The summed E-state index contributed by atoms with van der Waals surface area (Å²) in [6, 6.07) is 13.7. The molecule has 1 saturated carbocycles. The van der Waals surface area contributed by atoms with Crippen LogP contribution in [-0.2, 0) is 28.6 Å². The molecule has 4 aromatic heterocycles. The molecule has 2 aliphatic heterocycles. The van der Waals surface area contributed by atoms with Gasteiger partial charge in [0.15, 0.2) is 5.01 Å². The number of nitriles is 1. The van der Waals surface area contributed by atoms with E-state index in [1.165, 1.54) is 6.20 Å². The maximum atomic E-state index is 13.2. The Morgan fingerprint density at radius 2 is 1.67 bits per heavy atom. The van der Waals surface area contributed by atoms with E-state index in [-0.39, 0.29) is 54.9 Å². The molecule has 20 heteroatoms. The van der Waals surface area contributed by atoms with E-state index in [9.17, 15) is 29.2 Å². The van der Waals surface area contributed by atoms with Crippen LogP contribution in [0.2, 0.25) is 0 Å². The number of imide groups is 2. The van der Waals surface area contributed by atoms with E-state index in [0.717, 1.165) is 68.8 Å². The summed E-state index contributed by atoms with van der Waals surface area (Å²) >= 11 is 1.57. The largest absolute Gasteiger partial charge is 0.387 e. The van der Waals surface area contributed by atoms with Gasteiger partial charge in [-0.25, -0.2) is 4.52 Å². The number of nitrogens with one attached hydrogen (secondary N) is 4. The minimum atomic E-state index is -1.03. The summed E-state index contributed by atoms with van der Waals surface area (Å²) in [5.41, 5.74) is 5.45. The number of fused-ring (bicyclic) bond motifs is 2. The van der Waals surface area contributed by atoms with Gasteiger partial charge in [0.1, 0.15) is 17.1 Å². The summed E-state index contributed by atoms with van der Waals surface area (Å²) in [6.45, 7) is 2.33. The van der Waals surface area contributed by atoms with Crippen molar-refractivity contribution in [3.63, 3.8) is 0 Å². The van der Waals surface area contributed by atoms with E-state index in [1.807, 2.05) is 25.2 Å². The maximum Gasteiger partial charge on any atom is 0.264 e. The Morgan fingerprint density at radius 3 is 2.44 bits per heavy atom. The maximum absolute atomic E-state index is 13.2. The molecule has 1 aliphatic carbocycles. The molecule has 1 unspecified atom stereocenters. The zero-order valence-corrected chi connectivity index (χ0v) is 35.9. The molecule has 332 valence electrons. The Labute approximate surface area is 371 Å². The van der Waals surface area contributed by atoms with E-state index >= 15 is 0 Å². The summed E-state index contributed by atoms with van der Waals surface area (Å²) in [6.07, 6.45) is 7.25. The third-order valence-electron chi connectivity index (χ3n) is 11.4. The Hall–Kier alpha value is -6.66. The number of benzene rings is 1. The molecule has 3 aliphatic rings. The quantitative estimate of drug-likeness (QED) is 0.0678. The van der Waals surface area contributed by atoms with Crippen molar-refractivity contribution in [1.29, 1.82) is 5.26 Å². The second-order valence-corrected chi connectivity index (χ2v) is 16.5. The predicted octanol–water partition coefficient (Wildman–Crippen LogP) is 3.92. The van der Waals surface area contributed by atoms with Gasteiger partial charge in [-0.1, -0.05) is 17.4 Å². The SMILES string of the molecule is CNc1cc(-c2ccc3cc(C#N)cnn23)ncc1-c1nnc([C@H]2CC[C@H](NC(=O)CCOCCOCCOCCNc3cccc4c3C(=O)N(C3CCC(=O)NC3=O)C4=O)CC2)s1. The molecule has 6 heterocycles. The van der Waals surface area contributed by atoms with Crippen LogP contribution in [0.5, 0.6) is 0 Å². The van der Waals surface area contributed by atoms with Crippen molar-refractivity contribution in [2.75, 3.05) is 63.9 Å². The van der Waals surface area contributed by atoms with Gasteiger partial charge in [-0.3, -0.25) is 39.2 Å². The topological polar surface area (TPSA) is 244 Å². The van der Waals surface area contributed by atoms with Gasteiger partial charge in [0.05, 0.1) is 85.0 Å². The highest BCUT2D eigenvalue weighted by molar-refractivity contribution is 7.14. The number of ether oxygens (including phenoxy) is 3. The van der Waals surface area contributed by atoms with Gasteiger partial charge in [-0.15, -0.1) is 10.2 Å². The van der Waals surface area contributed by atoms with Gasteiger partial charge in [-0.2, -0.15) is 10.4 Å². The molecule has 19 nitrogen and oxygen atoms in total. The van der Waals surface area contributed by atoms with Gasteiger partial charge < -0.3 is 30.2 Å². The number of rotatable bonds is 19. The van der Waals surface area contributed by atoms with Crippen LogP contribution in [0.15, 0.2) is 54.9 Å². The molecule has 1 saturated heterocycles. The molecule has 2 fully saturated rings. The predicted molar refractivity (Wildman–Crippen MR) is 233 cm³/mol. The highest BCUT2D eigenvalue weighted by Gasteiger charge is 2.45. The number of carbonyl (C=O) groups excluding carboxylic acids is 5. The van der Waals surface area contributed by atoms with Crippen LogP contribution >= 0.6 is 11.3 Å². The van der Waals surface area contributed by atoms with E-state index in [4.69, 9.17) is 19.2 Å². The zero-order chi connectivity index (χ0) is 44.6. The first-order valence-corrected chi connectivity index (χ1v) is 22.0. The van der Waals surface area contributed by atoms with Gasteiger partial charge in [0, 0.05) is 56.0 Å². The fourth-order valence-electron chi connectivity index (χ4n) is 8.15. The third kappa shape index (κ3) is 9.77. The van der Waals surface area contributed by atoms with Crippen molar-refractivity contribution in [3.05, 3.63) is 76.6 Å². The fourth-order valence-corrected chi connectivity index (χ4v) is 9.18. The minimum Gasteiger partial charge on any atom is -0.387 e. The van der Waals surface area contributed by atoms with Crippen LogP contribution in [0.3, 0.4) is 0 Å². The van der Waals surface area contributed by atoms with Crippen molar-refractivity contribution in [1.82, 2.24) is 40.3 Å². The van der Waals surface area contributed by atoms with Crippen LogP contribution in [-0.4, -0.2) is 125 Å². The average molecular weight is 890 g/mol. The van der Waals surface area contributed by atoms with Crippen LogP contribution in [0.25, 0.3) is 27.5 Å². The normalized spacial score (nSPS) is 18.5. The minimum absolute atomic E-state index is 0.0426. The second kappa shape index (κ2) is 20.2. The molecule has 5 amide bonds. The Morgan fingerprint density at radius 1 is 0.891 bits per heavy atom. The lowest BCUT2D eigenvalue weighted by molar-refractivity contribution is -0.136. The first-order chi connectivity index (χ1) is 31.2. The van der Waals surface area contributed by atoms with Crippen molar-refractivity contribution >= 4 is 57.8 Å². The van der Waals surface area contributed by atoms with E-state index < -0.39 is 29.7 Å². The molecule has 64 heavy (non-hydrogen) atoms. The summed E-state index contributed by atoms with van der Waals surface area (Å²) in [7, 11) is 1.86. The second-order valence-electron chi connectivity index (χ2n) is 15.5. The molecule has 1 atom stereocenters. The van der Waals surface area contributed by atoms with Gasteiger partial charge >= 0.3 is 0 Å². The number of nitrogens with zero attached hydrogens (tertiary/aromatic N) is 7. The summed E-state index contributed by atoms with van der Waals surface area (Å²) in [5.74, 6) is -1.98. The first-order valence-electron chi connectivity index (χ1n) is 21.2. The number of anilines is 2. The zero-order valence-electron chi connectivity index (χ0n) is 35.1. The number of piperidine rings is 1. The average Bonchev–Trinajstić information content (AvgIpc) is 4.03. The number of hydrogen-bond acceptors (Lipinski definition) is 16. The molecule has 1 aromatic carbocycles. The first kappa shape index (κ1) is 44.0. The van der Waals surface area contributed by atoms with Crippen molar-refractivity contribution in [3.8, 4) is 28.0 Å². The lowest BCUT2D eigenvalue weighted by Crippen LogP contribution is -2.54. The molecule has 0 spiro atoms. The van der Waals surface area contributed by atoms with Crippen LogP contribution in [0.4, 0.5) is 11.4 Å². The lowest BCUT2D eigenvalue weighted by atomic mass is 9.86. The summed E-state index contributed by atoms with van der Waals surface area (Å²) in [4.78, 5) is 68.5. The standard InChI is InChI=1S/C44H47N11O8S/c1-46-33-22-34(35-10-9-29-21-26(23-45)24-49-55(29)35)48-25-31(33)42-53-52-41(64-42)27-5-7-28(8-6-27)50-38(57)13-15-61-17-19-63-20-18-62-16-14-47-32-4-2-3-30-39(32)44(60)54(43(30)59)36-11-12-37(56)51-40(36)58/h2-4,9-10,21-22,24-25,27-28,36,47H,5-8,11-20H2,1H3,(H,46,48)(H,50,57)(H,51,56,58)/t27-,28-,36?. The number of carbonyl (C=O) groups is 5. The number of amides is 5. The molecular weight excluding hydrogens is 843 g/mol. The Kier molecular flexibility index (Phi) is 13.9. The van der Waals surface area contributed by atoms with Crippen molar-refractivity contribution in [2.24, 2.45) is 0 Å². The molecule has 0 radical (unpaired) electrons. The van der Waals surface area contributed by atoms with Gasteiger partial charge in [-0.05, 0) is 68.5 Å². The Bertz CT molecular complexity index is 2600. The number of aromatic nitrogens is 5. The summed E-state index contributed by atoms with van der Waals surface area (Å²) < 4.78 is 18.6. The van der Waals surface area contributed by atoms with Crippen molar-refractivity contribution in [2.45, 2.75) is 62.9 Å². The van der Waals surface area contributed by atoms with Crippen LogP contribution in [0.1, 0.15) is 82.2 Å². The van der Waals surface area contributed by atoms with E-state index in [0.29, 0.717) is 50.8 Å². The number of hydrogen-bond donors (Lipinski definition) is 4. The smallest absolute Gasteiger partial charge is 0.264 e. The van der Waals surface area contributed by atoms with E-state index in [2.05, 4.69) is 42.6 Å². The lowest BCUT2D eigenvalue weighted by Gasteiger charge is -2.27. The Balaban J connectivity index is 0.677. The molecular formula is C44H47N11O8S.